The number of nitrogens with zero attached hydrogens (tertiary/aromatic N) is 1. The van der Waals surface area contributed by atoms with E-state index < -0.39 is 24.5 Å². The Morgan fingerprint density at radius 3 is 2.33 bits per heavy atom. The Morgan fingerprint density at radius 1 is 1.07 bits per heavy atom. The van der Waals surface area contributed by atoms with E-state index in [1.165, 1.54) is 7.11 Å². The molecule has 0 bridgehead atoms. The zero-order valence-electron chi connectivity index (χ0n) is 15.9. The molecule has 1 heterocycles. The molecule has 1 saturated heterocycles. The molecular formula is C21H17NO7S. The first-order valence-corrected chi connectivity index (χ1v) is 9.56. The van der Waals surface area contributed by atoms with E-state index in [0.29, 0.717) is 22.4 Å². The number of hydrogen-bond acceptors (Lipinski definition) is 7. The number of amides is 2. The highest BCUT2D eigenvalue weighted by Gasteiger charge is 2.35. The summed E-state index contributed by atoms with van der Waals surface area (Å²) in [6, 6.07) is 13.0. The Bertz CT molecular complexity index is 1010. The summed E-state index contributed by atoms with van der Waals surface area (Å²) < 4.78 is 9.70. The van der Waals surface area contributed by atoms with Gasteiger partial charge in [-0.15, -0.1) is 0 Å². The van der Waals surface area contributed by atoms with Crippen LogP contribution in [0.15, 0.2) is 53.4 Å². The van der Waals surface area contributed by atoms with Crippen molar-refractivity contribution < 1.29 is 33.8 Å². The van der Waals surface area contributed by atoms with Crippen molar-refractivity contribution in [2.24, 2.45) is 0 Å². The van der Waals surface area contributed by atoms with Crippen molar-refractivity contribution in [1.29, 1.82) is 0 Å². The fourth-order valence-electron chi connectivity index (χ4n) is 2.64. The van der Waals surface area contributed by atoms with Crippen LogP contribution >= 0.6 is 11.8 Å². The van der Waals surface area contributed by atoms with E-state index >= 15 is 0 Å². The van der Waals surface area contributed by atoms with Crippen LogP contribution in [0.1, 0.15) is 21.5 Å². The van der Waals surface area contributed by atoms with Gasteiger partial charge in [0.05, 0.1) is 24.1 Å². The first-order chi connectivity index (χ1) is 14.4. The molecule has 1 N–H and O–H groups in total. The average molecular weight is 427 g/mol. The fraction of sp³-hybridized carbons (Fsp3) is 0.143. The van der Waals surface area contributed by atoms with E-state index in [0.717, 1.165) is 16.7 Å². The summed E-state index contributed by atoms with van der Waals surface area (Å²) >= 11 is 0.841. The number of benzene rings is 2. The largest absolute Gasteiger partial charge is 0.482 e. The molecule has 1 fully saturated rings. The second-order valence-corrected chi connectivity index (χ2v) is 7.20. The number of aliphatic carboxylic acids is 1. The summed E-state index contributed by atoms with van der Waals surface area (Å²) in [5.41, 5.74) is 1.75. The summed E-state index contributed by atoms with van der Waals surface area (Å²) in [5, 5.41) is 8.24. The molecule has 0 aliphatic carbocycles. The molecule has 8 nitrogen and oxygen atoms in total. The molecule has 0 aromatic heterocycles. The number of esters is 1. The third-order valence-electron chi connectivity index (χ3n) is 4.13. The zero-order valence-corrected chi connectivity index (χ0v) is 16.7. The molecule has 0 saturated carbocycles. The number of carbonyl (C=O) groups excluding carboxylic acids is 3. The number of carboxylic acid groups (broad SMARTS) is 1. The summed E-state index contributed by atoms with van der Waals surface area (Å²) in [4.78, 5) is 48.4. The van der Waals surface area contributed by atoms with Crippen LogP contribution in [0.25, 0.3) is 6.08 Å². The van der Waals surface area contributed by atoms with Crippen LogP contribution < -0.4 is 4.74 Å². The number of carboxylic acids is 1. The van der Waals surface area contributed by atoms with E-state index in [9.17, 15) is 19.2 Å². The summed E-state index contributed by atoms with van der Waals surface area (Å²) in [7, 11) is 1.29. The highest BCUT2D eigenvalue weighted by Crippen LogP contribution is 2.33. The standard InChI is InChI=1S/C21H17NO7S/c1-28-20(26)15-6-2-14(3-7-15)11-22-19(25)17(30-21(22)27)10-13-4-8-16(9-5-13)29-12-18(23)24/h2-10H,11-12H2,1H3,(H,23,24)/b17-10-. The Labute approximate surface area is 176 Å². The Hall–Kier alpha value is -3.59. The summed E-state index contributed by atoms with van der Waals surface area (Å²) in [6.45, 7) is -0.357. The average Bonchev–Trinajstić information content (AvgIpc) is 3.00. The molecular weight excluding hydrogens is 410 g/mol. The lowest BCUT2D eigenvalue weighted by atomic mass is 10.1. The molecule has 30 heavy (non-hydrogen) atoms. The highest BCUT2D eigenvalue weighted by molar-refractivity contribution is 8.18. The van der Waals surface area contributed by atoms with Gasteiger partial charge < -0.3 is 14.6 Å². The highest BCUT2D eigenvalue weighted by atomic mass is 32.2. The Kier molecular flexibility index (Phi) is 6.53. The second-order valence-electron chi connectivity index (χ2n) is 6.21. The van der Waals surface area contributed by atoms with Gasteiger partial charge in [-0.05, 0) is 53.2 Å². The van der Waals surface area contributed by atoms with Crippen LogP contribution in [0.5, 0.6) is 5.75 Å². The van der Waals surface area contributed by atoms with Gasteiger partial charge in [0.15, 0.2) is 6.61 Å². The van der Waals surface area contributed by atoms with Gasteiger partial charge in [0.25, 0.3) is 11.1 Å². The molecule has 3 rings (SSSR count). The Balaban J connectivity index is 1.68. The number of rotatable bonds is 7. The second kappa shape index (κ2) is 9.27. The van der Waals surface area contributed by atoms with Crippen molar-refractivity contribution in [3.8, 4) is 5.75 Å². The van der Waals surface area contributed by atoms with Gasteiger partial charge >= 0.3 is 11.9 Å². The SMILES string of the molecule is COC(=O)c1ccc(CN2C(=O)S/C(=C\c3ccc(OCC(=O)O)cc3)C2=O)cc1. The van der Waals surface area contributed by atoms with E-state index in [2.05, 4.69) is 4.74 Å². The van der Waals surface area contributed by atoms with Crippen molar-refractivity contribution in [3.63, 3.8) is 0 Å². The van der Waals surface area contributed by atoms with Gasteiger partial charge in [-0.1, -0.05) is 24.3 Å². The quantitative estimate of drug-likeness (QED) is 0.530. The maximum absolute atomic E-state index is 12.6. The minimum Gasteiger partial charge on any atom is -0.482 e. The molecule has 9 heteroatoms. The number of imide groups is 1. The third kappa shape index (κ3) is 5.06. The molecule has 0 atom stereocenters. The molecule has 0 radical (unpaired) electrons. The van der Waals surface area contributed by atoms with Gasteiger partial charge in [0.1, 0.15) is 5.75 Å². The summed E-state index contributed by atoms with van der Waals surface area (Å²) in [6.07, 6.45) is 1.59. The van der Waals surface area contributed by atoms with Crippen molar-refractivity contribution in [2.45, 2.75) is 6.54 Å². The van der Waals surface area contributed by atoms with Crippen LogP contribution in [0.4, 0.5) is 4.79 Å². The van der Waals surface area contributed by atoms with Crippen LogP contribution in [0, 0.1) is 0 Å². The molecule has 1 aliphatic rings. The van der Waals surface area contributed by atoms with E-state index in [1.54, 1.807) is 54.6 Å². The maximum atomic E-state index is 12.6. The van der Waals surface area contributed by atoms with E-state index in [1.807, 2.05) is 0 Å². The van der Waals surface area contributed by atoms with Crippen molar-refractivity contribution >= 4 is 40.9 Å². The van der Waals surface area contributed by atoms with Crippen LogP contribution in [-0.2, 0) is 20.9 Å². The lowest BCUT2D eigenvalue weighted by molar-refractivity contribution is -0.139. The number of methoxy groups -OCH3 is 1. The molecule has 154 valence electrons. The molecule has 2 aromatic rings. The van der Waals surface area contributed by atoms with Crippen molar-refractivity contribution in [1.82, 2.24) is 4.90 Å². The van der Waals surface area contributed by atoms with Gasteiger partial charge in [-0.2, -0.15) is 0 Å². The predicted octanol–water partition coefficient (Wildman–Crippen LogP) is 3.17. The monoisotopic (exact) mass is 427 g/mol. The van der Waals surface area contributed by atoms with Gasteiger partial charge in [0, 0.05) is 0 Å². The van der Waals surface area contributed by atoms with Gasteiger partial charge in [0.2, 0.25) is 0 Å². The van der Waals surface area contributed by atoms with Crippen molar-refractivity contribution in [3.05, 3.63) is 70.1 Å². The molecule has 1 aliphatic heterocycles. The topological polar surface area (TPSA) is 110 Å². The predicted molar refractivity (Wildman–Crippen MR) is 109 cm³/mol. The van der Waals surface area contributed by atoms with Crippen molar-refractivity contribution in [2.75, 3.05) is 13.7 Å². The minimum absolute atomic E-state index is 0.0887. The first-order valence-electron chi connectivity index (χ1n) is 8.74. The smallest absolute Gasteiger partial charge is 0.341 e. The lowest BCUT2D eigenvalue weighted by Gasteiger charge is -2.12. The van der Waals surface area contributed by atoms with E-state index in [-0.39, 0.29) is 16.7 Å². The number of thioether (sulfide) groups is 1. The Morgan fingerprint density at radius 2 is 1.73 bits per heavy atom. The lowest BCUT2D eigenvalue weighted by Crippen LogP contribution is -2.27. The number of ether oxygens (including phenoxy) is 2. The van der Waals surface area contributed by atoms with Gasteiger partial charge in [-0.25, -0.2) is 9.59 Å². The van der Waals surface area contributed by atoms with Crippen LogP contribution in [0.3, 0.4) is 0 Å². The van der Waals surface area contributed by atoms with E-state index in [4.69, 9.17) is 9.84 Å². The number of carbonyl (C=O) groups is 4. The molecule has 2 amide bonds. The van der Waals surface area contributed by atoms with Crippen LogP contribution in [-0.4, -0.2) is 46.8 Å². The zero-order chi connectivity index (χ0) is 21.7. The van der Waals surface area contributed by atoms with Gasteiger partial charge in [-0.3, -0.25) is 14.5 Å². The third-order valence-corrected chi connectivity index (χ3v) is 5.04. The first kappa shape index (κ1) is 21.1. The minimum atomic E-state index is -1.08. The summed E-state index contributed by atoms with van der Waals surface area (Å²) in [5.74, 6) is -1.56. The normalized spacial score (nSPS) is 14.8. The molecule has 0 unspecified atom stereocenters. The molecule has 2 aromatic carbocycles. The maximum Gasteiger partial charge on any atom is 0.341 e. The fourth-order valence-corrected chi connectivity index (χ4v) is 3.48. The molecule has 0 spiro atoms. The number of hydrogen-bond donors (Lipinski definition) is 1. The van der Waals surface area contributed by atoms with Crippen LogP contribution in [0.2, 0.25) is 0 Å².